The van der Waals surface area contributed by atoms with Crippen LogP contribution in [0.4, 0.5) is 9.59 Å². The highest BCUT2D eigenvalue weighted by molar-refractivity contribution is 5.90. The van der Waals surface area contributed by atoms with Crippen LogP contribution in [0.2, 0.25) is 0 Å². The molecule has 44 heavy (non-hydrogen) atoms. The van der Waals surface area contributed by atoms with Gasteiger partial charge in [0, 0.05) is 36.1 Å². The summed E-state index contributed by atoms with van der Waals surface area (Å²) >= 11 is 0. The van der Waals surface area contributed by atoms with Gasteiger partial charge in [-0.25, -0.2) is 9.59 Å². The van der Waals surface area contributed by atoms with Gasteiger partial charge in [-0.2, -0.15) is 0 Å². The van der Waals surface area contributed by atoms with Gasteiger partial charge in [0.1, 0.15) is 11.5 Å². The minimum Gasteiger partial charge on any atom is -0.496 e. The van der Waals surface area contributed by atoms with Crippen molar-refractivity contribution in [1.29, 1.82) is 0 Å². The normalized spacial score (nSPS) is 21.9. The molecule has 3 aromatic rings. The fourth-order valence-corrected chi connectivity index (χ4v) is 6.92. The number of ether oxygens (including phenoxy) is 4. The van der Waals surface area contributed by atoms with Gasteiger partial charge in [-0.1, -0.05) is 60.7 Å². The van der Waals surface area contributed by atoms with Crippen molar-refractivity contribution in [2.45, 2.75) is 38.3 Å². The van der Waals surface area contributed by atoms with E-state index in [2.05, 4.69) is 0 Å². The second-order valence-corrected chi connectivity index (χ2v) is 10.6. The molecule has 12 heteroatoms. The zero-order chi connectivity index (χ0) is 31.2. The maximum Gasteiger partial charge on any atom is 0.327 e. The predicted molar refractivity (Wildman–Crippen MR) is 155 cm³/mol. The van der Waals surface area contributed by atoms with Crippen LogP contribution >= 0.6 is 0 Å². The molecule has 6 rings (SSSR count). The molecule has 3 aliphatic heterocycles. The molecule has 2 fully saturated rings. The summed E-state index contributed by atoms with van der Waals surface area (Å²) in [5.74, 6) is -0.181. The number of fused-ring (bicyclic) bond motifs is 1. The Morgan fingerprint density at radius 3 is 1.39 bits per heavy atom. The van der Waals surface area contributed by atoms with Crippen molar-refractivity contribution in [3.05, 3.63) is 95.1 Å². The average Bonchev–Trinajstić information content (AvgIpc) is 3.27. The summed E-state index contributed by atoms with van der Waals surface area (Å²) in [6.07, 6.45) is 0. The van der Waals surface area contributed by atoms with E-state index in [0.29, 0.717) is 33.8 Å². The molecule has 3 heterocycles. The smallest absolute Gasteiger partial charge is 0.327 e. The molecule has 2 saturated heterocycles. The molecule has 0 radical (unpaired) electrons. The molecule has 0 aliphatic carbocycles. The summed E-state index contributed by atoms with van der Waals surface area (Å²) in [6, 6.07) is 20.8. The number of esters is 2. The van der Waals surface area contributed by atoms with Gasteiger partial charge in [0.15, 0.2) is 24.8 Å². The van der Waals surface area contributed by atoms with Gasteiger partial charge >= 0.3 is 24.0 Å². The summed E-state index contributed by atoms with van der Waals surface area (Å²) in [5.41, 5.74) is -0.746. The Balaban J connectivity index is 1.76. The van der Waals surface area contributed by atoms with Crippen LogP contribution in [0.15, 0.2) is 72.8 Å². The lowest BCUT2D eigenvalue weighted by atomic mass is 9.80. The highest BCUT2D eigenvalue weighted by Crippen LogP contribution is 2.64. The van der Waals surface area contributed by atoms with Crippen molar-refractivity contribution in [1.82, 2.24) is 19.6 Å². The minimum absolute atomic E-state index is 0.0137. The molecule has 3 aliphatic rings. The van der Waals surface area contributed by atoms with E-state index in [0.717, 1.165) is 0 Å². The summed E-state index contributed by atoms with van der Waals surface area (Å²) < 4.78 is 22.5. The van der Waals surface area contributed by atoms with E-state index in [-0.39, 0.29) is 13.1 Å². The maximum absolute atomic E-state index is 14.9. The van der Waals surface area contributed by atoms with E-state index in [4.69, 9.17) is 18.9 Å². The third kappa shape index (κ3) is 3.83. The number of carbonyl (C=O) groups excluding carboxylic acids is 4. The van der Waals surface area contributed by atoms with Crippen molar-refractivity contribution >= 4 is 24.0 Å². The molecule has 0 atom stereocenters. The molecule has 4 amide bonds. The first-order chi connectivity index (χ1) is 21.2. The van der Waals surface area contributed by atoms with Crippen LogP contribution in [0.5, 0.6) is 11.5 Å². The lowest BCUT2D eigenvalue weighted by Crippen LogP contribution is -2.63. The number of rotatable bonds is 8. The van der Waals surface area contributed by atoms with Crippen molar-refractivity contribution in [2.24, 2.45) is 0 Å². The van der Waals surface area contributed by atoms with Crippen molar-refractivity contribution in [3.8, 4) is 11.5 Å². The fraction of sp³-hybridized carbons (Fsp3) is 0.312. The number of benzene rings is 3. The van der Waals surface area contributed by atoms with E-state index >= 15 is 0 Å². The minimum atomic E-state index is -1.68. The Hall–Kier alpha value is -5.26. The Kier molecular flexibility index (Phi) is 7.07. The second-order valence-electron chi connectivity index (χ2n) is 10.6. The van der Waals surface area contributed by atoms with E-state index in [1.807, 2.05) is 36.4 Å². The van der Waals surface area contributed by atoms with Gasteiger partial charge in [0.2, 0.25) is 0 Å². The molecule has 228 valence electrons. The van der Waals surface area contributed by atoms with E-state index < -0.39 is 48.8 Å². The second kappa shape index (κ2) is 10.8. The highest BCUT2D eigenvalue weighted by atomic mass is 16.6. The van der Waals surface area contributed by atoms with Crippen LogP contribution in [0, 0.1) is 0 Å². The summed E-state index contributed by atoms with van der Waals surface area (Å²) in [4.78, 5) is 60.2. The number of nitrogens with zero attached hydrogens (tertiary/aromatic N) is 4. The van der Waals surface area contributed by atoms with Crippen molar-refractivity contribution in [3.63, 3.8) is 0 Å². The van der Waals surface area contributed by atoms with Gasteiger partial charge in [-0.3, -0.25) is 29.2 Å². The Labute approximate surface area is 254 Å². The average molecular weight is 601 g/mol. The predicted octanol–water partition coefficient (Wildman–Crippen LogP) is 3.94. The number of amides is 4. The van der Waals surface area contributed by atoms with E-state index in [9.17, 15) is 19.2 Å². The Morgan fingerprint density at radius 2 is 1.02 bits per heavy atom. The maximum atomic E-state index is 14.9. The number of carbonyl (C=O) groups is 4. The molecule has 0 saturated carbocycles. The van der Waals surface area contributed by atoms with Gasteiger partial charge < -0.3 is 18.9 Å². The topological polar surface area (TPSA) is 118 Å². The van der Waals surface area contributed by atoms with E-state index in [1.54, 1.807) is 60.4 Å². The molecule has 0 bridgehead atoms. The number of hydrogen-bond donors (Lipinski definition) is 0. The molecule has 0 unspecified atom stereocenters. The molecular weight excluding hydrogens is 568 g/mol. The van der Waals surface area contributed by atoms with Crippen LogP contribution in [0.1, 0.15) is 36.1 Å². The number of hydrogen-bond acceptors (Lipinski definition) is 8. The first-order valence-electron chi connectivity index (χ1n) is 14.0. The molecule has 3 aromatic carbocycles. The van der Waals surface area contributed by atoms with Crippen LogP contribution in [0.3, 0.4) is 0 Å². The van der Waals surface area contributed by atoms with Crippen molar-refractivity contribution < 1.29 is 38.1 Å². The van der Waals surface area contributed by atoms with E-state index in [1.165, 1.54) is 23.6 Å². The summed E-state index contributed by atoms with van der Waals surface area (Å²) in [6.45, 7) is 1.57. The summed E-state index contributed by atoms with van der Waals surface area (Å²) in [5, 5.41) is 0. The number of urea groups is 2. The van der Waals surface area contributed by atoms with Crippen molar-refractivity contribution in [2.75, 3.05) is 27.7 Å². The Morgan fingerprint density at radius 1 is 0.636 bits per heavy atom. The Bertz CT molecular complexity index is 1550. The third-order valence-electron chi connectivity index (χ3n) is 8.54. The standard InChI is InChI=1S/C32H32N4O8/c1-21(37)43-19-35-29(39)33-17-25-26(28(42-4)16-15-27(25)41-3)18-34-30(40)36(20-44-22(2)38)32(35,24-13-9-6-10-14-24)31(33,34)23-11-7-5-8-12-23/h5-16H,17-20H2,1-4H3. The highest BCUT2D eigenvalue weighted by Gasteiger charge is 2.81. The monoisotopic (exact) mass is 600 g/mol. The largest absolute Gasteiger partial charge is 0.496 e. The molecule has 0 aromatic heterocycles. The zero-order valence-electron chi connectivity index (χ0n) is 24.8. The van der Waals surface area contributed by atoms with Gasteiger partial charge in [-0.05, 0) is 12.1 Å². The van der Waals surface area contributed by atoms with Crippen LogP contribution in [0.25, 0.3) is 0 Å². The molecule has 12 nitrogen and oxygen atoms in total. The van der Waals surface area contributed by atoms with Gasteiger partial charge in [-0.15, -0.1) is 0 Å². The molecule has 0 N–H and O–H groups in total. The zero-order valence-corrected chi connectivity index (χ0v) is 24.8. The SMILES string of the molecule is COc1ccc(OC)c2c1CN1C(=O)N(COC(C)=O)C3(c4ccccc4)N(COC(C)=O)C(=O)N(C2)C13c1ccccc1. The number of methoxy groups -OCH3 is 2. The third-order valence-corrected chi connectivity index (χ3v) is 8.54. The molecular formula is C32H32N4O8. The van der Waals surface area contributed by atoms with Gasteiger partial charge in [0.25, 0.3) is 0 Å². The van der Waals surface area contributed by atoms with Crippen LogP contribution < -0.4 is 9.47 Å². The lowest BCUT2D eigenvalue weighted by molar-refractivity contribution is -0.162. The molecule has 0 spiro atoms. The van der Waals surface area contributed by atoms with Gasteiger partial charge in [0.05, 0.1) is 27.3 Å². The quantitative estimate of drug-likeness (QED) is 0.357. The van der Waals surface area contributed by atoms with Crippen LogP contribution in [-0.4, -0.2) is 71.3 Å². The fourth-order valence-electron chi connectivity index (χ4n) is 6.92. The lowest BCUT2D eigenvalue weighted by Gasteiger charge is -2.49. The first-order valence-corrected chi connectivity index (χ1v) is 14.0. The first kappa shape index (κ1) is 28.8. The summed E-state index contributed by atoms with van der Waals surface area (Å²) in [7, 11) is 3.08. The van der Waals surface area contributed by atoms with Crippen LogP contribution in [-0.2, 0) is 43.5 Å².